The highest BCUT2D eigenvalue weighted by Crippen LogP contribution is 2.28. The number of piperidine rings is 1. The summed E-state index contributed by atoms with van der Waals surface area (Å²) in [5.41, 5.74) is 2.79. The Morgan fingerprint density at radius 1 is 1.20 bits per heavy atom. The molecule has 2 aromatic rings. The summed E-state index contributed by atoms with van der Waals surface area (Å²) in [6.07, 6.45) is 3.52. The summed E-state index contributed by atoms with van der Waals surface area (Å²) in [7, 11) is 1.75. The van der Waals surface area contributed by atoms with Crippen molar-refractivity contribution in [3.8, 4) is 0 Å². The fourth-order valence-electron chi connectivity index (χ4n) is 3.16. The number of nitrogens with zero attached hydrogens (tertiary/aromatic N) is 2. The Labute approximate surface area is 152 Å². The predicted molar refractivity (Wildman–Crippen MR) is 100 cm³/mol. The first-order valence-corrected chi connectivity index (χ1v) is 8.80. The minimum Gasteiger partial charge on any atom is -0.324 e. The van der Waals surface area contributed by atoms with E-state index in [0.717, 1.165) is 29.7 Å². The van der Waals surface area contributed by atoms with E-state index in [1.54, 1.807) is 29.9 Å². The van der Waals surface area contributed by atoms with E-state index in [2.05, 4.69) is 5.32 Å². The standard InChI is InChI=1S/C19H22ClN3O2/c1-13-3-4-16(20)12-17(13)21-19(25)23-9-6-14(7-10-23)15-5-8-22(2)18(24)11-15/h3-5,8,11-12,14H,6-7,9-10H2,1-2H3,(H,21,25). The number of aryl methyl sites for hydroxylation is 2. The van der Waals surface area contributed by atoms with Crippen LogP contribution in [0.5, 0.6) is 0 Å². The van der Waals surface area contributed by atoms with Gasteiger partial charge in [0.1, 0.15) is 0 Å². The Balaban J connectivity index is 1.61. The van der Waals surface area contributed by atoms with Crippen molar-refractivity contribution >= 4 is 23.3 Å². The molecule has 1 aromatic carbocycles. The highest BCUT2D eigenvalue weighted by molar-refractivity contribution is 6.31. The molecule has 3 rings (SSSR count). The summed E-state index contributed by atoms with van der Waals surface area (Å²) in [6.45, 7) is 3.28. The first-order valence-electron chi connectivity index (χ1n) is 8.42. The SMILES string of the molecule is Cc1ccc(Cl)cc1NC(=O)N1CCC(c2ccn(C)c(=O)c2)CC1. The summed E-state index contributed by atoms with van der Waals surface area (Å²) in [5, 5.41) is 3.54. The number of likely N-dealkylation sites (tertiary alicyclic amines) is 1. The van der Waals surface area contributed by atoms with Crippen molar-refractivity contribution < 1.29 is 4.79 Å². The van der Waals surface area contributed by atoms with Gasteiger partial charge in [-0.1, -0.05) is 17.7 Å². The third-order valence-electron chi connectivity index (χ3n) is 4.82. The second-order valence-electron chi connectivity index (χ2n) is 6.56. The number of aromatic nitrogens is 1. The Kier molecular flexibility index (Phi) is 5.13. The van der Waals surface area contributed by atoms with Gasteiger partial charge in [-0.3, -0.25) is 4.79 Å². The van der Waals surface area contributed by atoms with E-state index in [4.69, 9.17) is 11.6 Å². The van der Waals surface area contributed by atoms with Crippen LogP contribution in [0.15, 0.2) is 41.3 Å². The maximum atomic E-state index is 12.5. The normalized spacial score (nSPS) is 15.2. The molecule has 25 heavy (non-hydrogen) atoms. The van der Waals surface area contributed by atoms with Crippen LogP contribution in [-0.4, -0.2) is 28.6 Å². The van der Waals surface area contributed by atoms with Crippen molar-refractivity contribution in [3.63, 3.8) is 0 Å². The molecule has 1 aliphatic rings. The lowest BCUT2D eigenvalue weighted by Gasteiger charge is -2.32. The van der Waals surface area contributed by atoms with E-state index in [1.165, 1.54) is 0 Å². The number of amides is 2. The summed E-state index contributed by atoms with van der Waals surface area (Å²) in [6, 6.07) is 9.06. The quantitative estimate of drug-likeness (QED) is 0.887. The Hall–Kier alpha value is -2.27. The molecule has 1 aliphatic heterocycles. The number of carbonyl (C=O) groups is 1. The number of hydrogen-bond acceptors (Lipinski definition) is 2. The smallest absolute Gasteiger partial charge is 0.321 e. The Morgan fingerprint density at radius 3 is 2.60 bits per heavy atom. The average molecular weight is 360 g/mol. The number of pyridine rings is 1. The highest BCUT2D eigenvalue weighted by Gasteiger charge is 2.24. The van der Waals surface area contributed by atoms with Crippen molar-refractivity contribution in [2.45, 2.75) is 25.7 Å². The zero-order chi connectivity index (χ0) is 18.0. The summed E-state index contributed by atoms with van der Waals surface area (Å²) < 4.78 is 1.57. The molecule has 1 saturated heterocycles. The summed E-state index contributed by atoms with van der Waals surface area (Å²) >= 11 is 6.00. The van der Waals surface area contributed by atoms with E-state index in [1.807, 2.05) is 30.0 Å². The van der Waals surface area contributed by atoms with Crippen LogP contribution in [0.4, 0.5) is 10.5 Å². The number of carbonyl (C=O) groups excluding carboxylic acids is 1. The van der Waals surface area contributed by atoms with Gasteiger partial charge in [0.05, 0.1) is 0 Å². The maximum absolute atomic E-state index is 12.5. The minimum atomic E-state index is -0.104. The third-order valence-corrected chi connectivity index (χ3v) is 5.06. The van der Waals surface area contributed by atoms with E-state index in [0.29, 0.717) is 24.0 Å². The monoisotopic (exact) mass is 359 g/mol. The van der Waals surface area contributed by atoms with Crippen molar-refractivity contribution in [2.75, 3.05) is 18.4 Å². The van der Waals surface area contributed by atoms with E-state index >= 15 is 0 Å². The minimum absolute atomic E-state index is 0.00843. The topological polar surface area (TPSA) is 54.3 Å². The zero-order valence-corrected chi connectivity index (χ0v) is 15.2. The van der Waals surface area contributed by atoms with E-state index in [9.17, 15) is 9.59 Å². The zero-order valence-electron chi connectivity index (χ0n) is 14.5. The molecule has 1 N–H and O–H groups in total. The first kappa shape index (κ1) is 17.5. The van der Waals surface area contributed by atoms with Crippen molar-refractivity contribution in [3.05, 3.63) is 63.0 Å². The first-order chi connectivity index (χ1) is 11.9. The van der Waals surface area contributed by atoms with Gasteiger partial charge in [0, 0.05) is 43.1 Å². The number of anilines is 1. The van der Waals surface area contributed by atoms with Gasteiger partial charge in [-0.05, 0) is 55.0 Å². The number of urea groups is 1. The van der Waals surface area contributed by atoms with Crippen molar-refractivity contribution in [2.24, 2.45) is 7.05 Å². The van der Waals surface area contributed by atoms with Crippen LogP contribution in [0.25, 0.3) is 0 Å². The van der Waals surface area contributed by atoms with Gasteiger partial charge in [-0.15, -0.1) is 0 Å². The highest BCUT2D eigenvalue weighted by atomic mass is 35.5. The molecule has 0 spiro atoms. The average Bonchev–Trinajstić information content (AvgIpc) is 2.60. The number of hydrogen-bond donors (Lipinski definition) is 1. The van der Waals surface area contributed by atoms with Crippen LogP contribution in [0.3, 0.4) is 0 Å². The third kappa shape index (κ3) is 4.04. The molecule has 5 nitrogen and oxygen atoms in total. The van der Waals surface area contributed by atoms with E-state index in [-0.39, 0.29) is 11.6 Å². The van der Waals surface area contributed by atoms with Crippen LogP contribution >= 0.6 is 11.6 Å². The molecule has 0 unspecified atom stereocenters. The molecule has 0 aliphatic carbocycles. The lowest BCUT2D eigenvalue weighted by molar-refractivity contribution is 0.194. The van der Waals surface area contributed by atoms with Crippen LogP contribution in [0, 0.1) is 6.92 Å². The number of nitrogens with one attached hydrogen (secondary N) is 1. The molecule has 0 atom stereocenters. The molecule has 1 fully saturated rings. The molecule has 1 aromatic heterocycles. The molecular formula is C19H22ClN3O2. The Bertz CT molecular complexity index is 839. The fraction of sp³-hybridized carbons (Fsp3) is 0.368. The van der Waals surface area contributed by atoms with Crippen molar-refractivity contribution in [1.82, 2.24) is 9.47 Å². The van der Waals surface area contributed by atoms with Crippen LogP contribution in [-0.2, 0) is 7.05 Å². The van der Waals surface area contributed by atoms with Gasteiger partial charge in [-0.2, -0.15) is 0 Å². The molecule has 6 heteroatoms. The largest absolute Gasteiger partial charge is 0.324 e. The lowest BCUT2D eigenvalue weighted by Crippen LogP contribution is -2.40. The molecule has 2 heterocycles. The maximum Gasteiger partial charge on any atom is 0.321 e. The van der Waals surface area contributed by atoms with Gasteiger partial charge in [0.15, 0.2) is 0 Å². The lowest BCUT2D eigenvalue weighted by atomic mass is 9.90. The fourth-order valence-corrected chi connectivity index (χ4v) is 3.33. The molecule has 0 bridgehead atoms. The molecular weight excluding hydrogens is 338 g/mol. The van der Waals surface area contributed by atoms with Crippen LogP contribution in [0.2, 0.25) is 5.02 Å². The summed E-state index contributed by atoms with van der Waals surface area (Å²) in [5.74, 6) is 0.325. The van der Waals surface area contributed by atoms with Crippen molar-refractivity contribution in [1.29, 1.82) is 0 Å². The van der Waals surface area contributed by atoms with Gasteiger partial charge < -0.3 is 14.8 Å². The van der Waals surface area contributed by atoms with Crippen LogP contribution in [0.1, 0.15) is 29.9 Å². The van der Waals surface area contributed by atoms with E-state index < -0.39 is 0 Å². The molecule has 132 valence electrons. The second-order valence-corrected chi connectivity index (χ2v) is 7.00. The second kappa shape index (κ2) is 7.31. The number of benzene rings is 1. The number of rotatable bonds is 2. The van der Waals surface area contributed by atoms with Gasteiger partial charge in [0.2, 0.25) is 0 Å². The molecule has 2 amide bonds. The van der Waals surface area contributed by atoms with Gasteiger partial charge in [0.25, 0.3) is 5.56 Å². The predicted octanol–water partition coefficient (Wildman–Crippen LogP) is 3.76. The van der Waals surface area contributed by atoms with Gasteiger partial charge >= 0.3 is 6.03 Å². The molecule has 0 saturated carbocycles. The Morgan fingerprint density at radius 2 is 1.92 bits per heavy atom. The molecule has 0 radical (unpaired) electrons. The summed E-state index contributed by atoms with van der Waals surface area (Å²) in [4.78, 5) is 26.1. The number of halogens is 1. The van der Waals surface area contributed by atoms with Crippen LogP contribution < -0.4 is 10.9 Å². The van der Waals surface area contributed by atoms with Gasteiger partial charge in [-0.25, -0.2) is 4.79 Å².